The van der Waals surface area contributed by atoms with Crippen LogP contribution in [0.15, 0.2) is 42.9 Å². The monoisotopic (exact) mass is 590 g/mol. The molecule has 0 radical (unpaired) electrons. The van der Waals surface area contributed by atoms with Crippen molar-refractivity contribution < 1.29 is 13.9 Å². The molecule has 1 atom stereocenters. The van der Waals surface area contributed by atoms with Crippen molar-refractivity contribution in [3.63, 3.8) is 0 Å². The summed E-state index contributed by atoms with van der Waals surface area (Å²) in [6, 6.07) is 6.55. The van der Waals surface area contributed by atoms with Gasteiger partial charge in [-0.2, -0.15) is 10.1 Å². The number of rotatable bonds is 8. The molecule has 0 bridgehead atoms. The molecule has 0 saturated carbocycles. The number of aryl methyl sites for hydroxylation is 3. The van der Waals surface area contributed by atoms with E-state index in [9.17, 15) is 4.79 Å². The number of anilines is 3. The Balaban J connectivity index is 1.17. The number of benzene rings is 1. The number of carbonyl (C=O) groups is 1. The number of ether oxygens (including phenoxy) is 1. The normalized spacial score (nSPS) is 15.3. The molecule has 1 amide bonds. The van der Waals surface area contributed by atoms with Crippen LogP contribution in [0.4, 0.5) is 21.8 Å². The zero-order valence-electron chi connectivity index (χ0n) is 23.2. The summed E-state index contributed by atoms with van der Waals surface area (Å²) in [4.78, 5) is 35.1. The first kappa shape index (κ1) is 27.5. The van der Waals surface area contributed by atoms with Crippen LogP contribution in [0.1, 0.15) is 17.7 Å². The molecule has 42 heavy (non-hydrogen) atoms. The van der Waals surface area contributed by atoms with Gasteiger partial charge in [-0.1, -0.05) is 0 Å². The number of likely N-dealkylation sites (tertiary alicyclic amines) is 1. The average Bonchev–Trinajstić information content (AvgIpc) is 3.65. The SMILES string of the molecule is Cc1cnc(Nc2cc(C)n(C)n2)nc1-c1c[nH]c2c(NC(=O)CN3CC[C@H](Oc4ccnc(Cl)n4)C3)c(F)ccc12. The number of nitrogens with zero attached hydrogens (tertiary/aromatic N) is 7. The molecule has 0 unspecified atom stereocenters. The van der Waals surface area contributed by atoms with E-state index >= 15 is 4.39 Å². The van der Waals surface area contributed by atoms with Crippen molar-refractivity contribution >= 4 is 45.9 Å². The number of nitrogens with one attached hydrogen (secondary N) is 3. The lowest BCUT2D eigenvalue weighted by atomic mass is 10.1. The van der Waals surface area contributed by atoms with E-state index in [1.165, 1.54) is 12.3 Å². The van der Waals surface area contributed by atoms with Crippen molar-refractivity contribution in [1.82, 2.24) is 39.6 Å². The Bertz CT molecular complexity index is 1770. The second kappa shape index (κ2) is 11.3. The fourth-order valence-electron chi connectivity index (χ4n) is 4.98. The molecular formula is C28H28ClFN10O2. The van der Waals surface area contributed by atoms with Crippen molar-refractivity contribution in [3.05, 3.63) is 65.2 Å². The second-order valence-electron chi connectivity index (χ2n) is 10.2. The van der Waals surface area contributed by atoms with E-state index in [0.717, 1.165) is 16.8 Å². The van der Waals surface area contributed by atoms with Gasteiger partial charge in [0.15, 0.2) is 5.82 Å². The van der Waals surface area contributed by atoms with Crippen LogP contribution in [-0.4, -0.2) is 71.2 Å². The van der Waals surface area contributed by atoms with E-state index in [0.29, 0.717) is 53.8 Å². The fraction of sp³-hybridized carbons (Fsp3) is 0.286. The summed E-state index contributed by atoms with van der Waals surface area (Å²) < 4.78 is 22.7. The van der Waals surface area contributed by atoms with Crippen LogP contribution in [0.25, 0.3) is 22.2 Å². The van der Waals surface area contributed by atoms with Crippen molar-refractivity contribution in [2.45, 2.75) is 26.4 Å². The van der Waals surface area contributed by atoms with E-state index < -0.39 is 5.82 Å². The van der Waals surface area contributed by atoms with Gasteiger partial charge >= 0.3 is 0 Å². The van der Waals surface area contributed by atoms with Crippen LogP contribution in [0.3, 0.4) is 0 Å². The maximum Gasteiger partial charge on any atom is 0.238 e. The number of H-pyrrole nitrogens is 1. The molecule has 14 heteroatoms. The number of hydrogen-bond donors (Lipinski definition) is 3. The smallest absolute Gasteiger partial charge is 0.238 e. The predicted octanol–water partition coefficient (Wildman–Crippen LogP) is 4.39. The Morgan fingerprint density at radius 1 is 1.24 bits per heavy atom. The second-order valence-corrected chi connectivity index (χ2v) is 10.5. The van der Waals surface area contributed by atoms with Crippen LogP contribution in [-0.2, 0) is 11.8 Å². The number of fused-ring (bicyclic) bond motifs is 1. The summed E-state index contributed by atoms with van der Waals surface area (Å²) >= 11 is 5.83. The third kappa shape index (κ3) is 5.74. The summed E-state index contributed by atoms with van der Waals surface area (Å²) in [5.74, 6) is 0.522. The van der Waals surface area contributed by atoms with Gasteiger partial charge in [-0.3, -0.25) is 14.4 Å². The highest BCUT2D eigenvalue weighted by atomic mass is 35.5. The molecule has 1 aromatic carbocycles. The van der Waals surface area contributed by atoms with E-state index in [-0.39, 0.29) is 29.5 Å². The Kier molecular flexibility index (Phi) is 7.43. The Hall–Kier alpha value is -4.62. The first-order valence-electron chi connectivity index (χ1n) is 13.3. The van der Waals surface area contributed by atoms with Crippen LogP contribution in [0.2, 0.25) is 5.28 Å². The molecule has 6 rings (SSSR count). The van der Waals surface area contributed by atoms with Crippen molar-refractivity contribution in [1.29, 1.82) is 0 Å². The molecule has 12 nitrogen and oxygen atoms in total. The summed E-state index contributed by atoms with van der Waals surface area (Å²) in [5.41, 5.74) is 3.80. The van der Waals surface area contributed by atoms with Gasteiger partial charge in [0.25, 0.3) is 0 Å². The summed E-state index contributed by atoms with van der Waals surface area (Å²) in [7, 11) is 1.86. The third-order valence-electron chi connectivity index (χ3n) is 7.13. The zero-order chi connectivity index (χ0) is 29.4. The van der Waals surface area contributed by atoms with Crippen LogP contribution >= 0.6 is 11.6 Å². The maximum atomic E-state index is 15.0. The third-order valence-corrected chi connectivity index (χ3v) is 7.32. The number of hydrogen-bond acceptors (Lipinski definition) is 9. The number of aromatic amines is 1. The molecule has 0 spiro atoms. The lowest BCUT2D eigenvalue weighted by Gasteiger charge is -2.16. The molecule has 1 aliphatic heterocycles. The van der Waals surface area contributed by atoms with Gasteiger partial charge < -0.3 is 20.4 Å². The lowest BCUT2D eigenvalue weighted by molar-refractivity contribution is -0.117. The fourth-order valence-corrected chi connectivity index (χ4v) is 5.12. The van der Waals surface area contributed by atoms with Gasteiger partial charge in [0.2, 0.25) is 23.0 Å². The zero-order valence-corrected chi connectivity index (χ0v) is 23.9. The molecule has 5 aromatic rings. The van der Waals surface area contributed by atoms with E-state index in [1.54, 1.807) is 29.2 Å². The molecule has 216 valence electrons. The molecule has 1 aliphatic rings. The largest absolute Gasteiger partial charge is 0.473 e. The maximum absolute atomic E-state index is 15.0. The molecule has 1 fully saturated rings. The Morgan fingerprint density at radius 3 is 2.88 bits per heavy atom. The molecule has 4 aromatic heterocycles. The van der Waals surface area contributed by atoms with Gasteiger partial charge in [0.05, 0.1) is 17.8 Å². The van der Waals surface area contributed by atoms with Crippen molar-refractivity contribution in [3.8, 4) is 17.1 Å². The topological polar surface area (TPSA) is 139 Å². The minimum atomic E-state index is -0.542. The first-order chi connectivity index (χ1) is 20.2. The minimum absolute atomic E-state index is 0.0837. The quantitative estimate of drug-likeness (QED) is 0.224. The van der Waals surface area contributed by atoms with Gasteiger partial charge in [-0.15, -0.1) is 0 Å². The molecule has 0 aliphatic carbocycles. The average molecular weight is 591 g/mol. The van der Waals surface area contributed by atoms with Crippen LogP contribution < -0.4 is 15.4 Å². The number of halogens is 2. The first-order valence-corrected chi connectivity index (χ1v) is 13.7. The molecule has 1 saturated heterocycles. The van der Waals surface area contributed by atoms with E-state index in [4.69, 9.17) is 21.3 Å². The summed E-state index contributed by atoms with van der Waals surface area (Å²) in [6.45, 7) is 5.12. The highest BCUT2D eigenvalue weighted by Gasteiger charge is 2.27. The summed E-state index contributed by atoms with van der Waals surface area (Å²) in [6.07, 6.45) is 5.57. The standard InChI is InChI=1S/C28H28ClFN10O2/c1-15-11-33-28(34-21-10-16(2)39(3)38-21)37-24(15)19-12-32-25-18(19)4-5-20(30)26(25)35-22(41)14-40-9-7-17(13-40)42-23-6-8-31-27(29)36-23/h4-6,8,10-12,17,32H,7,9,13-14H2,1-3H3,(H,35,41)(H,33,34,37,38)/t17-/m0/s1. The van der Waals surface area contributed by atoms with Gasteiger partial charge in [0.1, 0.15) is 17.6 Å². The van der Waals surface area contributed by atoms with Gasteiger partial charge in [0, 0.05) is 67.5 Å². The Morgan fingerprint density at radius 2 is 2.10 bits per heavy atom. The lowest BCUT2D eigenvalue weighted by Crippen LogP contribution is -2.33. The number of carbonyl (C=O) groups excluding carboxylic acids is 1. The van der Waals surface area contributed by atoms with E-state index in [1.807, 2.05) is 31.9 Å². The van der Waals surface area contributed by atoms with Crippen LogP contribution in [0, 0.1) is 19.7 Å². The molecule has 3 N–H and O–H groups in total. The highest BCUT2D eigenvalue weighted by molar-refractivity contribution is 6.28. The van der Waals surface area contributed by atoms with Crippen LogP contribution in [0.5, 0.6) is 5.88 Å². The highest BCUT2D eigenvalue weighted by Crippen LogP contribution is 2.35. The molecule has 5 heterocycles. The van der Waals surface area contributed by atoms with Gasteiger partial charge in [-0.25, -0.2) is 19.3 Å². The van der Waals surface area contributed by atoms with Gasteiger partial charge in [-0.05, 0) is 49.6 Å². The number of aromatic nitrogens is 7. The Labute approximate surface area is 245 Å². The predicted molar refractivity (Wildman–Crippen MR) is 156 cm³/mol. The molecular weight excluding hydrogens is 563 g/mol. The summed E-state index contributed by atoms with van der Waals surface area (Å²) in [5, 5.41) is 11.1. The van der Waals surface area contributed by atoms with Crippen molar-refractivity contribution in [2.75, 3.05) is 30.3 Å². The minimum Gasteiger partial charge on any atom is -0.473 e. The van der Waals surface area contributed by atoms with Crippen molar-refractivity contribution in [2.24, 2.45) is 7.05 Å². The number of amides is 1. The van der Waals surface area contributed by atoms with E-state index in [2.05, 4.69) is 35.7 Å².